The number of nitro groups is 1. The first-order valence-electron chi connectivity index (χ1n) is 9.66. The predicted octanol–water partition coefficient (Wildman–Crippen LogP) is 4.76. The Morgan fingerprint density at radius 3 is 2.76 bits per heavy atom. The average molecular weight is 543 g/mol. The molecule has 0 aliphatic carbocycles. The fourth-order valence-corrected chi connectivity index (χ4v) is 3.58. The molecular formula is C22H15BrN4O6S. The number of aromatic hydroxyl groups is 1. The highest BCUT2D eigenvalue weighted by atomic mass is 79.9. The van der Waals surface area contributed by atoms with Crippen molar-refractivity contribution < 1.29 is 24.0 Å². The fraction of sp³-hybridized carbons (Fsp3) is 0.0455. The number of benzene rings is 3. The molecule has 12 heteroatoms. The third-order valence-corrected chi connectivity index (χ3v) is 5.35. The summed E-state index contributed by atoms with van der Waals surface area (Å²) in [6.07, 6.45) is 0. The highest BCUT2D eigenvalue weighted by Crippen LogP contribution is 2.31. The third-order valence-electron chi connectivity index (χ3n) is 4.51. The van der Waals surface area contributed by atoms with Gasteiger partial charge < -0.3 is 19.6 Å². The molecule has 0 saturated heterocycles. The molecule has 0 radical (unpaired) electrons. The van der Waals surface area contributed by atoms with Gasteiger partial charge in [-0.05, 0) is 70.6 Å². The summed E-state index contributed by atoms with van der Waals surface area (Å²) in [5.74, 6) is -0.127. The number of nitrogens with zero attached hydrogens (tertiary/aromatic N) is 2. The monoisotopic (exact) mass is 542 g/mol. The second kappa shape index (κ2) is 9.85. The highest BCUT2D eigenvalue weighted by molar-refractivity contribution is 9.10. The number of thiocarbonyl (C=S) groups is 1. The number of fused-ring (bicyclic) bond motifs is 1. The molecule has 4 rings (SSSR count). The van der Waals surface area contributed by atoms with E-state index in [0.717, 1.165) is 0 Å². The molecule has 0 spiro atoms. The van der Waals surface area contributed by atoms with Crippen molar-refractivity contribution in [3.05, 3.63) is 75.3 Å². The number of aromatic nitrogens is 1. The Balaban J connectivity index is 1.38. The van der Waals surface area contributed by atoms with Crippen LogP contribution in [0, 0.1) is 10.1 Å². The topological polar surface area (TPSA) is 140 Å². The number of ether oxygens (including phenoxy) is 1. The maximum atomic E-state index is 12.1. The van der Waals surface area contributed by atoms with Crippen molar-refractivity contribution >= 4 is 61.6 Å². The Labute approximate surface area is 205 Å². The van der Waals surface area contributed by atoms with Crippen LogP contribution < -0.4 is 15.4 Å². The number of para-hydroxylation sites is 2. The molecule has 0 fully saturated rings. The molecule has 3 aromatic carbocycles. The third kappa shape index (κ3) is 5.30. The van der Waals surface area contributed by atoms with Crippen LogP contribution in [0.4, 0.5) is 11.4 Å². The van der Waals surface area contributed by atoms with Gasteiger partial charge in [-0.1, -0.05) is 12.1 Å². The van der Waals surface area contributed by atoms with Gasteiger partial charge in [0, 0.05) is 17.3 Å². The van der Waals surface area contributed by atoms with Crippen LogP contribution in [-0.2, 0) is 4.79 Å². The predicted molar refractivity (Wildman–Crippen MR) is 132 cm³/mol. The van der Waals surface area contributed by atoms with Crippen LogP contribution in [0.1, 0.15) is 0 Å². The first-order chi connectivity index (χ1) is 16.3. The summed E-state index contributed by atoms with van der Waals surface area (Å²) in [6, 6.07) is 15.8. The second-order valence-electron chi connectivity index (χ2n) is 6.88. The number of phenolic OH excluding ortho intramolecular Hbond substituents is 1. The number of rotatable bonds is 6. The van der Waals surface area contributed by atoms with Crippen molar-refractivity contribution in [2.45, 2.75) is 0 Å². The molecular weight excluding hydrogens is 528 g/mol. The first-order valence-corrected chi connectivity index (χ1v) is 10.9. The molecule has 0 unspecified atom stereocenters. The van der Waals surface area contributed by atoms with Gasteiger partial charge in [-0.15, -0.1) is 0 Å². The Kier molecular flexibility index (Phi) is 6.70. The lowest BCUT2D eigenvalue weighted by Crippen LogP contribution is -2.37. The molecule has 4 aromatic rings. The number of hydrogen-bond acceptors (Lipinski definition) is 8. The van der Waals surface area contributed by atoms with E-state index < -0.39 is 17.4 Å². The summed E-state index contributed by atoms with van der Waals surface area (Å²) in [5.41, 5.74) is 2.09. The molecule has 3 N–H and O–H groups in total. The van der Waals surface area contributed by atoms with Crippen molar-refractivity contribution in [3.8, 4) is 23.0 Å². The number of carbonyl (C=O) groups is 1. The van der Waals surface area contributed by atoms with Crippen molar-refractivity contribution in [3.63, 3.8) is 0 Å². The maximum Gasteiger partial charge on any atom is 0.310 e. The van der Waals surface area contributed by atoms with Gasteiger partial charge in [-0.25, -0.2) is 4.98 Å². The summed E-state index contributed by atoms with van der Waals surface area (Å²) in [6.45, 7) is -0.458. The normalized spacial score (nSPS) is 10.6. The van der Waals surface area contributed by atoms with E-state index in [-0.39, 0.29) is 22.3 Å². The summed E-state index contributed by atoms with van der Waals surface area (Å²) in [5, 5.41) is 26.0. The zero-order valence-corrected chi connectivity index (χ0v) is 19.6. The molecule has 0 bridgehead atoms. The van der Waals surface area contributed by atoms with Crippen LogP contribution >= 0.6 is 28.1 Å². The van der Waals surface area contributed by atoms with Crippen molar-refractivity contribution in [1.29, 1.82) is 0 Å². The molecule has 1 amide bonds. The van der Waals surface area contributed by atoms with E-state index in [1.165, 1.54) is 24.3 Å². The Morgan fingerprint density at radius 2 is 2.00 bits per heavy atom. The lowest BCUT2D eigenvalue weighted by Gasteiger charge is -2.10. The van der Waals surface area contributed by atoms with Gasteiger partial charge in [0.25, 0.3) is 5.91 Å². The van der Waals surface area contributed by atoms with E-state index in [0.29, 0.717) is 32.7 Å². The van der Waals surface area contributed by atoms with Gasteiger partial charge in [-0.3, -0.25) is 20.2 Å². The number of anilines is 1. The zero-order chi connectivity index (χ0) is 24.2. The minimum absolute atomic E-state index is 0.0155. The van der Waals surface area contributed by atoms with Gasteiger partial charge in [0.1, 0.15) is 11.3 Å². The van der Waals surface area contributed by atoms with Crippen LogP contribution in [-0.4, -0.2) is 32.6 Å². The van der Waals surface area contributed by atoms with Gasteiger partial charge in [0.2, 0.25) is 5.89 Å². The molecule has 0 saturated carbocycles. The minimum atomic E-state index is -0.592. The standard InChI is InChI=1S/C22H15BrN4O6S/c23-14-9-12(5-7-17(14)28)21-25-15-10-13(6-8-18(15)33-21)24-22(34)26-20(29)11-32-19-4-2-1-3-16(19)27(30)31/h1-10,28H,11H2,(H2,24,26,29,34). The highest BCUT2D eigenvalue weighted by Gasteiger charge is 2.16. The number of carbonyl (C=O) groups excluding carboxylic acids is 1. The summed E-state index contributed by atoms with van der Waals surface area (Å²) in [4.78, 5) is 27.0. The molecule has 0 atom stereocenters. The molecule has 172 valence electrons. The number of phenols is 1. The zero-order valence-electron chi connectivity index (χ0n) is 17.1. The number of amides is 1. The lowest BCUT2D eigenvalue weighted by atomic mass is 10.2. The van der Waals surface area contributed by atoms with E-state index in [4.69, 9.17) is 21.4 Å². The van der Waals surface area contributed by atoms with E-state index in [9.17, 15) is 20.0 Å². The maximum absolute atomic E-state index is 12.1. The van der Waals surface area contributed by atoms with Crippen LogP contribution in [0.3, 0.4) is 0 Å². The average Bonchev–Trinajstić information content (AvgIpc) is 3.23. The van der Waals surface area contributed by atoms with Crippen molar-refractivity contribution in [1.82, 2.24) is 10.3 Å². The molecule has 0 aliphatic rings. The smallest absolute Gasteiger partial charge is 0.310 e. The van der Waals surface area contributed by atoms with Gasteiger partial charge in [0.15, 0.2) is 23.1 Å². The minimum Gasteiger partial charge on any atom is -0.507 e. The number of halogens is 1. The largest absolute Gasteiger partial charge is 0.507 e. The van der Waals surface area contributed by atoms with Crippen LogP contribution in [0.25, 0.3) is 22.6 Å². The quantitative estimate of drug-likeness (QED) is 0.178. The van der Waals surface area contributed by atoms with Gasteiger partial charge in [-0.2, -0.15) is 0 Å². The van der Waals surface area contributed by atoms with E-state index >= 15 is 0 Å². The number of oxazole rings is 1. The molecule has 1 heterocycles. The van der Waals surface area contributed by atoms with E-state index in [1.807, 2.05) is 0 Å². The number of nitrogens with one attached hydrogen (secondary N) is 2. The summed E-state index contributed by atoms with van der Waals surface area (Å²) in [7, 11) is 0. The summed E-state index contributed by atoms with van der Waals surface area (Å²) < 4.78 is 11.5. The molecule has 1 aromatic heterocycles. The molecule has 10 nitrogen and oxygen atoms in total. The first kappa shape index (κ1) is 23.1. The van der Waals surface area contributed by atoms with Crippen LogP contribution in [0.15, 0.2) is 69.6 Å². The second-order valence-corrected chi connectivity index (χ2v) is 8.15. The van der Waals surface area contributed by atoms with Crippen LogP contribution in [0.5, 0.6) is 11.5 Å². The molecule has 0 aliphatic heterocycles. The SMILES string of the molecule is O=C(COc1ccccc1[N+](=O)[O-])NC(=S)Nc1ccc2oc(-c3ccc(O)c(Br)c3)nc2c1. The van der Waals surface area contributed by atoms with Crippen LogP contribution in [0.2, 0.25) is 0 Å². The Morgan fingerprint density at radius 1 is 1.21 bits per heavy atom. The van der Waals surface area contributed by atoms with Crippen molar-refractivity contribution in [2.24, 2.45) is 0 Å². The van der Waals surface area contributed by atoms with Crippen molar-refractivity contribution in [2.75, 3.05) is 11.9 Å². The van der Waals surface area contributed by atoms with E-state index in [1.54, 1.807) is 36.4 Å². The fourth-order valence-electron chi connectivity index (χ4n) is 2.97. The van der Waals surface area contributed by atoms with Gasteiger partial charge >= 0.3 is 5.69 Å². The Bertz CT molecular complexity index is 1420. The van der Waals surface area contributed by atoms with Gasteiger partial charge in [0.05, 0.1) is 9.40 Å². The number of hydrogen-bond donors (Lipinski definition) is 3. The molecule has 34 heavy (non-hydrogen) atoms. The summed E-state index contributed by atoms with van der Waals surface area (Å²) >= 11 is 8.42. The van der Waals surface area contributed by atoms with E-state index in [2.05, 4.69) is 31.5 Å². The lowest BCUT2D eigenvalue weighted by molar-refractivity contribution is -0.385. The number of nitro benzene ring substituents is 1. The Hall–Kier alpha value is -4.03.